The van der Waals surface area contributed by atoms with Crippen LogP contribution in [-0.2, 0) is 6.54 Å². The number of likely N-dealkylation sites (N-methyl/N-ethyl adjacent to an activating group) is 1. The van der Waals surface area contributed by atoms with E-state index in [2.05, 4.69) is 24.1 Å². The molecule has 0 radical (unpaired) electrons. The number of hydrogen-bond donors (Lipinski definition) is 1. The van der Waals surface area contributed by atoms with Crippen molar-refractivity contribution in [3.63, 3.8) is 0 Å². The molecule has 156 valence electrons. The van der Waals surface area contributed by atoms with Crippen LogP contribution in [0, 0.1) is 0 Å². The minimum atomic E-state index is -0.217. The smallest absolute Gasteiger partial charge is 0.255 e. The molecule has 7 nitrogen and oxygen atoms in total. The van der Waals surface area contributed by atoms with E-state index in [1.54, 1.807) is 25.3 Å². The topological polar surface area (TPSA) is 69.3 Å². The Morgan fingerprint density at radius 1 is 1.14 bits per heavy atom. The molecule has 1 aliphatic rings. The first-order valence-corrected chi connectivity index (χ1v) is 9.85. The number of ether oxygens (including phenoxy) is 4. The molecule has 0 fully saturated rings. The van der Waals surface area contributed by atoms with Crippen LogP contribution in [-0.4, -0.2) is 51.0 Å². The summed E-state index contributed by atoms with van der Waals surface area (Å²) in [6.45, 7) is 8.21. The molecule has 2 aromatic rings. The number of amides is 1. The molecule has 29 heavy (non-hydrogen) atoms. The molecule has 0 aliphatic carbocycles. The Balaban J connectivity index is 1.59. The standard InChI is InChI=1S/C22H28N2O5/c1-4-24(5-2)11-12-27-18-10-9-16(13-20(18)26-3)14-23-22(25)17-7-6-8-19-21(17)29-15-28-19/h6-10,13H,4-5,11-12,14-15H2,1-3H3,(H,23,25). The SMILES string of the molecule is CCN(CC)CCOc1ccc(CNC(=O)c2cccc3c2OCO3)cc1OC. The van der Waals surface area contributed by atoms with Crippen LogP contribution in [0.25, 0.3) is 0 Å². The maximum Gasteiger partial charge on any atom is 0.255 e. The lowest BCUT2D eigenvalue weighted by Gasteiger charge is -2.19. The molecule has 1 aliphatic heterocycles. The van der Waals surface area contributed by atoms with Crippen molar-refractivity contribution in [1.29, 1.82) is 0 Å². The van der Waals surface area contributed by atoms with E-state index in [9.17, 15) is 4.79 Å². The Kier molecular flexibility index (Phi) is 7.19. The van der Waals surface area contributed by atoms with Crippen LogP contribution in [0.2, 0.25) is 0 Å². The van der Waals surface area contributed by atoms with Gasteiger partial charge in [-0.2, -0.15) is 0 Å². The zero-order chi connectivity index (χ0) is 20.6. The van der Waals surface area contributed by atoms with Crippen molar-refractivity contribution in [3.8, 4) is 23.0 Å². The molecule has 0 spiro atoms. The number of benzene rings is 2. The van der Waals surface area contributed by atoms with Gasteiger partial charge in [0.05, 0.1) is 12.7 Å². The molecule has 0 atom stereocenters. The summed E-state index contributed by atoms with van der Waals surface area (Å²) in [5, 5.41) is 2.91. The number of methoxy groups -OCH3 is 1. The minimum Gasteiger partial charge on any atom is -0.493 e. The van der Waals surface area contributed by atoms with Crippen molar-refractivity contribution < 1.29 is 23.7 Å². The fourth-order valence-electron chi connectivity index (χ4n) is 3.15. The van der Waals surface area contributed by atoms with E-state index >= 15 is 0 Å². The summed E-state index contributed by atoms with van der Waals surface area (Å²) in [6.07, 6.45) is 0. The summed E-state index contributed by atoms with van der Waals surface area (Å²) in [5.74, 6) is 2.20. The molecule has 0 saturated carbocycles. The van der Waals surface area contributed by atoms with Gasteiger partial charge < -0.3 is 29.2 Å². The number of carbonyl (C=O) groups excluding carboxylic acids is 1. The van der Waals surface area contributed by atoms with Crippen molar-refractivity contribution in [2.45, 2.75) is 20.4 Å². The number of hydrogen-bond acceptors (Lipinski definition) is 6. The van der Waals surface area contributed by atoms with Gasteiger partial charge in [0.2, 0.25) is 6.79 Å². The molecular weight excluding hydrogens is 372 g/mol. The van der Waals surface area contributed by atoms with Crippen LogP contribution < -0.4 is 24.3 Å². The molecule has 1 N–H and O–H groups in total. The van der Waals surface area contributed by atoms with E-state index in [-0.39, 0.29) is 12.7 Å². The first-order chi connectivity index (χ1) is 14.2. The normalized spacial score (nSPS) is 12.1. The van der Waals surface area contributed by atoms with E-state index in [0.29, 0.717) is 41.7 Å². The fourth-order valence-corrected chi connectivity index (χ4v) is 3.15. The third-order valence-corrected chi connectivity index (χ3v) is 4.88. The molecule has 1 heterocycles. The average Bonchev–Trinajstić information content (AvgIpc) is 3.24. The Morgan fingerprint density at radius 2 is 1.97 bits per heavy atom. The Bertz CT molecular complexity index is 836. The van der Waals surface area contributed by atoms with Crippen molar-refractivity contribution in [2.24, 2.45) is 0 Å². The highest BCUT2D eigenvalue weighted by molar-refractivity contribution is 5.97. The largest absolute Gasteiger partial charge is 0.493 e. The van der Waals surface area contributed by atoms with Crippen molar-refractivity contribution in [1.82, 2.24) is 10.2 Å². The lowest BCUT2D eigenvalue weighted by Crippen LogP contribution is -2.28. The molecule has 7 heteroatoms. The molecule has 2 aromatic carbocycles. The van der Waals surface area contributed by atoms with Crippen molar-refractivity contribution >= 4 is 5.91 Å². The van der Waals surface area contributed by atoms with Crippen LogP contribution in [0.15, 0.2) is 36.4 Å². The van der Waals surface area contributed by atoms with Gasteiger partial charge in [0.1, 0.15) is 6.61 Å². The van der Waals surface area contributed by atoms with Gasteiger partial charge >= 0.3 is 0 Å². The second kappa shape index (κ2) is 10.0. The monoisotopic (exact) mass is 400 g/mol. The van der Waals surface area contributed by atoms with Gasteiger partial charge in [-0.05, 0) is 42.9 Å². The molecule has 0 bridgehead atoms. The van der Waals surface area contributed by atoms with Crippen LogP contribution in [0.4, 0.5) is 0 Å². The number of fused-ring (bicyclic) bond motifs is 1. The highest BCUT2D eigenvalue weighted by Crippen LogP contribution is 2.35. The fraction of sp³-hybridized carbons (Fsp3) is 0.409. The second-order valence-corrected chi connectivity index (χ2v) is 6.58. The Hall–Kier alpha value is -2.93. The Labute approximate surface area is 171 Å². The maximum absolute atomic E-state index is 12.6. The van der Waals surface area contributed by atoms with E-state index in [4.69, 9.17) is 18.9 Å². The van der Waals surface area contributed by atoms with Crippen molar-refractivity contribution in [2.75, 3.05) is 40.1 Å². The lowest BCUT2D eigenvalue weighted by molar-refractivity contribution is 0.0946. The van der Waals surface area contributed by atoms with Gasteiger partial charge in [0.25, 0.3) is 5.91 Å². The van der Waals surface area contributed by atoms with Crippen LogP contribution in [0.5, 0.6) is 23.0 Å². The first-order valence-electron chi connectivity index (χ1n) is 9.85. The number of para-hydroxylation sites is 1. The van der Waals surface area contributed by atoms with E-state index in [1.807, 2.05) is 18.2 Å². The number of nitrogens with one attached hydrogen (secondary N) is 1. The molecule has 0 saturated heterocycles. The third kappa shape index (κ3) is 5.12. The summed E-state index contributed by atoms with van der Waals surface area (Å²) in [6, 6.07) is 10.9. The minimum absolute atomic E-state index is 0.132. The number of nitrogens with zero attached hydrogens (tertiary/aromatic N) is 1. The number of carbonyl (C=O) groups is 1. The summed E-state index contributed by atoms with van der Waals surface area (Å²) in [5.41, 5.74) is 1.37. The third-order valence-electron chi connectivity index (χ3n) is 4.88. The number of rotatable bonds is 10. The van der Waals surface area contributed by atoms with Gasteiger partial charge in [0, 0.05) is 13.1 Å². The predicted molar refractivity (Wildman–Crippen MR) is 110 cm³/mol. The molecular formula is C22H28N2O5. The van der Waals surface area contributed by atoms with Gasteiger partial charge in [-0.3, -0.25) is 4.79 Å². The predicted octanol–water partition coefficient (Wildman–Crippen LogP) is 3.07. The lowest BCUT2D eigenvalue weighted by atomic mass is 10.1. The molecule has 0 unspecified atom stereocenters. The average molecular weight is 400 g/mol. The second-order valence-electron chi connectivity index (χ2n) is 6.58. The molecule has 3 rings (SSSR count). The maximum atomic E-state index is 12.6. The van der Waals surface area contributed by atoms with Gasteiger partial charge in [-0.25, -0.2) is 0 Å². The van der Waals surface area contributed by atoms with Gasteiger partial charge in [-0.1, -0.05) is 26.0 Å². The quantitative estimate of drug-likeness (QED) is 0.661. The van der Waals surface area contributed by atoms with Crippen LogP contribution >= 0.6 is 0 Å². The highest BCUT2D eigenvalue weighted by Gasteiger charge is 2.21. The molecule has 1 amide bonds. The zero-order valence-corrected chi connectivity index (χ0v) is 17.2. The van der Waals surface area contributed by atoms with Gasteiger partial charge in [-0.15, -0.1) is 0 Å². The summed E-state index contributed by atoms with van der Waals surface area (Å²) in [4.78, 5) is 14.9. The van der Waals surface area contributed by atoms with E-state index in [1.165, 1.54) is 0 Å². The van der Waals surface area contributed by atoms with Gasteiger partial charge in [0.15, 0.2) is 23.0 Å². The highest BCUT2D eigenvalue weighted by atomic mass is 16.7. The Morgan fingerprint density at radius 3 is 2.72 bits per heavy atom. The first kappa shape index (κ1) is 20.8. The molecule has 0 aromatic heterocycles. The van der Waals surface area contributed by atoms with E-state index < -0.39 is 0 Å². The van der Waals surface area contributed by atoms with Crippen molar-refractivity contribution in [3.05, 3.63) is 47.5 Å². The summed E-state index contributed by atoms with van der Waals surface area (Å²) in [7, 11) is 1.61. The van der Waals surface area contributed by atoms with Crippen LogP contribution in [0.3, 0.4) is 0 Å². The summed E-state index contributed by atoms with van der Waals surface area (Å²) >= 11 is 0. The summed E-state index contributed by atoms with van der Waals surface area (Å²) < 4.78 is 22.1. The zero-order valence-electron chi connectivity index (χ0n) is 17.2. The van der Waals surface area contributed by atoms with Crippen LogP contribution in [0.1, 0.15) is 29.8 Å². The van der Waals surface area contributed by atoms with E-state index in [0.717, 1.165) is 25.2 Å².